The van der Waals surface area contributed by atoms with E-state index in [-0.39, 0.29) is 16.5 Å². The second kappa shape index (κ2) is 5.98. The van der Waals surface area contributed by atoms with Gasteiger partial charge in [-0.25, -0.2) is 9.59 Å². The molecule has 112 valence electrons. The molecule has 0 aromatic carbocycles. The molecule has 5 nitrogen and oxygen atoms in total. The van der Waals surface area contributed by atoms with Crippen LogP contribution in [0.25, 0.3) is 0 Å². The number of hydrogen-bond donors (Lipinski definition) is 1. The van der Waals surface area contributed by atoms with E-state index < -0.39 is 23.8 Å². The van der Waals surface area contributed by atoms with Gasteiger partial charge in [0.05, 0.1) is 16.5 Å². The summed E-state index contributed by atoms with van der Waals surface area (Å²) in [5.74, 6) is -3.96. The van der Waals surface area contributed by atoms with Crippen molar-refractivity contribution in [1.29, 1.82) is 0 Å². The molecule has 0 saturated heterocycles. The van der Waals surface area contributed by atoms with Gasteiger partial charge in [0, 0.05) is 0 Å². The fraction of sp³-hybridized carbons (Fsp3) is 0.400. The van der Waals surface area contributed by atoms with Gasteiger partial charge in [-0.3, -0.25) is 5.73 Å². The first-order valence-electron chi connectivity index (χ1n) is 5.12. The molecular weight excluding hydrogens is 323 g/mol. The molecule has 10 heteroatoms. The van der Waals surface area contributed by atoms with Crippen molar-refractivity contribution in [1.82, 2.24) is 0 Å². The van der Waals surface area contributed by atoms with Crippen LogP contribution in [-0.2, 0) is 24.8 Å². The highest BCUT2D eigenvalue weighted by atomic mass is 35.5. The molecule has 20 heavy (non-hydrogen) atoms. The molecule has 2 N–H and O–H groups in total. The summed E-state index contributed by atoms with van der Waals surface area (Å²) in [5.41, 5.74) is 2.76. The van der Waals surface area contributed by atoms with Crippen LogP contribution in [0.2, 0.25) is 5.02 Å². The lowest BCUT2D eigenvalue weighted by atomic mass is 10.2. The maximum atomic E-state index is 12.3. The third-order valence-corrected chi connectivity index (χ3v) is 3.48. The van der Waals surface area contributed by atoms with Crippen LogP contribution in [0.15, 0.2) is 11.4 Å². The fourth-order valence-corrected chi connectivity index (χ4v) is 2.41. The number of rotatable bonds is 4. The van der Waals surface area contributed by atoms with E-state index in [1.807, 2.05) is 0 Å². The monoisotopic (exact) mass is 331 g/mol. The van der Waals surface area contributed by atoms with Gasteiger partial charge in [-0.15, -0.1) is 11.3 Å². The van der Waals surface area contributed by atoms with Gasteiger partial charge in [-0.2, -0.15) is 13.2 Å². The number of halogens is 4. The lowest BCUT2D eigenvalue weighted by Gasteiger charge is -2.26. The molecule has 0 saturated carbocycles. The second-order valence-corrected chi connectivity index (χ2v) is 4.76. The van der Waals surface area contributed by atoms with E-state index in [1.54, 1.807) is 0 Å². The largest absolute Gasteiger partial charge is 0.491 e. The number of nitrogens with two attached hydrogens (primary N) is 1. The van der Waals surface area contributed by atoms with E-state index in [0.29, 0.717) is 0 Å². The molecule has 0 aliphatic rings. The maximum absolute atomic E-state index is 12.3. The van der Waals surface area contributed by atoms with E-state index in [1.165, 1.54) is 18.4 Å². The van der Waals surface area contributed by atoms with E-state index in [9.17, 15) is 22.8 Å². The number of carbonyl (C=O) groups excluding carboxylic acids is 2. The van der Waals surface area contributed by atoms with Crippen LogP contribution in [0, 0.1) is 0 Å². The van der Waals surface area contributed by atoms with Crippen molar-refractivity contribution in [2.45, 2.75) is 18.8 Å². The number of ether oxygens (including phenoxy) is 2. The smallest absolute Gasteiger partial charge is 0.462 e. The molecule has 0 aliphatic carbocycles. The van der Waals surface area contributed by atoms with E-state index in [0.717, 1.165) is 11.3 Å². The summed E-state index contributed by atoms with van der Waals surface area (Å²) in [6, 6.07) is 1.30. The second-order valence-electron chi connectivity index (χ2n) is 3.44. The minimum absolute atomic E-state index is 0.111. The van der Waals surface area contributed by atoms with Gasteiger partial charge in [0.25, 0.3) is 5.72 Å². The summed E-state index contributed by atoms with van der Waals surface area (Å²) < 4.78 is 45.4. The Labute approximate surface area is 120 Å². The first-order valence-corrected chi connectivity index (χ1v) is 6.38. The Morgan fingerprint density at radius 2 is 2.00 bits per heavy atom. The van der Waals surface area contributed by atoms with Crippen LogP contribution in [0.4, 0.5) is 13.2 Å². The zero-order valence-corrected chi connectivity index (χ0v) is 11.6. The molecule has 1 rings (SSSR count). The number of hydrogen-bond acceptors (Lipinski definition) is 6. The predicted octanol–water partition coefficient (Wildman–Crippen LogP) is 2.18. The van der Waals surface area contributed by atoms with Gasteiger partial charge in [0.1, 0.15) is 0 Å². The SMILES string of the molecule is CCOC(=O)C(N)(OC(=O)C(F)(F)F)c1sccc1Cl. The van der Waals surface area contributed by atoms with Gasteiger partial charge in [0.15, 0.2) is 0 Å². The van der Waals surface area contributed by atoms with E-state index >= 15 is 0 Å². The standard InChI is InChI=1S/C10H9ClF3NO4S/c1-2-18-7(16)9(15,6-5(11)3-4-20-6)19-8(17)10(12,13)14/h3-4H,2,15H2,1H3. The third-order valence-electron chi connectivity index (χ3n) is 2.02. The maximum Gasteiger partial charge on any atom is 0.491 e. The fourth-order valence-electron chi connectivity index (χ4n) is 1.18. The lowest BCUT2D eigenvalue weighted by Crippen LogP contribution is -2.51. The van der Waals surface area contributed by atoms with Gasteiger partial charge in [-0.05, 0) is 18.4 Å². The van der Waals surface area contributed by atoms with Gasteiger partial charge in [0.2, 0.25) is 0 Å². The molecule has 0 spiro atoms. The summed E-state index contributed by atoms with van der Waals surface area (Å²) >= 11 is 6.48. The van der Waals surface area contributed by atoms with Crippen LogP contribution in [0.1, 0.15) is 11.8 Å². The summed E-state index contributed by atoms with van der Waals surface area (Å²) in [7, 11) is 0. The molecule has 1 aromatic rings. The molecule has 1 atom stereocenters. The molecule has 1 heterocycles. The van der Waals surface area contributed by atoms with Crippen LogP contribution >= 0.6 is 22.9 Å². The summed E-state index contributed by atoms with van der Waals surface area (Å²) in [6.07, 6.45) is -5.30. The molecule has 1 unspecified atom stereocenters. The molecule has 0 fully saturated rings. The van der Waals surface area contributed by atoms with Crippen LogP contribution < -0.4 is 5.73 Å². The van der Waals surface area contributed by atoms with E-state index in [2.05, 4.69) is 9.47 Å². The minimum Gasteiger partial charge on any atom is -0.462 e. The third kappa shape index (κ3) is 3.41. The predicted molar refractivity (Wildman–Crippen MR) is 64.0 cm³/mol. The van der Waals surface area contributed by atoms with Gasteiger partial charge >= 0.3 is 18.1 Å². The number of thiophene rings is 1. The zero-order chi connectivity index (χ0) is 15.6. The van der Waals surface area contributed by atoms with Crippen molar-refractivity contribution in [3.8, 4) is 0 Å². The van der Waals surface area contributed by atoms with Crippen LogP contribution in [0.3, 0.4) is 0 Å². The zero-order valence-electron chi connectivity index (χ0n) is 9.99. The lowest BCUT2D eigenvalue weighted by molar-refractivity contribution is -0.219. The number of carbonyl (C=O) groups is 2. The number of alkyl halides is 3. The van der Waals surface area contributed by atoms with Crippen LogP contribution in [0.5, 0.6) is 0 Å². The van der Waals surface area contributed by atoms with Crippen molar-refractivity contribution in [2.24, 2.45) is 5.73 Å². The van der Waals surface area contributed by atoms with E-state index in [4.69, 9.17) is 17.3 Å². The molecular formula is C10H9ClF3NO4S. The van der Waals surface area contributed by atoms with Gasteiger partial charge < -0.3 is 9.47 Å². The topological polar surface area (TPSA) is 78.6 Å². The Balaban J connectivity index is 3.19. The van der Waals surface area contributed by atoms with Gasteiger partial charge in [-0.1, -0.05) is 11.6 Å². The summed E-state index contributed by atoms with van der Waals surface area (Å²) in [5, 5.41) is 1.26. The van der Waals surface area contributed by atoms with Crippen molar-refractivity contribution >= 4 is 34.9 Å². The first kappa shape index (κ1) is 16.7. The average Bonchev–Trinajstić information content (AvgIpc) is 2.74. The highest BCUT2D eigenvalue weighted by molar-refractivity contribution is 7.10. The Morgan fingerprint density at radius 1 is 1.40 bits per heavy atom. The van der Waals surface area contributed by atoms with Crippen molar-refractivity contribution < 1.29 is 32.2 Å². The number of esters is 2. The summed E-state index contributed by atoms with van der Waals surface area (Å²) in [6.45, 7) is 1.25. The Kier molecular flexibility index (Phi) is 5.00. The van der Waals surface area contributed by atoms with Crippen molar-refractivity contribution in [2.75, 3.05) is 6.61 Å². The molecule has 0 amide bonds. The average molecular weight is 332 g/mol. The minimum atomic E-state index is -5.30. The molecule has 0 radical (unpaired) electrons. The Hall–Kier alpha value is -1.32. The molecule has 1 aromatic heterocycles. The van der Waals surface area contributed by atoms with Crippen molar-refractivity contribution in [3.63, 3.8) is 0 Å². The highest BCUT2D eigenvalue weighted by Crippen LogP contribution is 2.35. The highest BCUT2D eigenvalue weighted by Gasteiger charge is 2.51. The molecule has 0 bridgehead atoms. The quantitative estimate of drug-likeness (QED) is 0.676. The molecule has 0 aliphatic heterocycles. The van der Waals surface area contributed by atoms with Crippen molar-refractivity contribution in [3.05, 3.63) is 21.3 Å². The Bertz CT molecular complexity index is 519. The Morgan fingerprint density at radius 3 is 2.40 bits per heavy atom. The first-order chi connectivity index (χ1) is 9.13. The normalized spacial score (nSPS) is 14.5. The summed E-state index contributed by atoms with van der Waals surface area (Å²) in [4.78, 5) is 22.4. The van der Waals surface area contributed by atoms with Crippen LogP contribution in [-0.4, -0.2) is 24.7 Å².